The van der Waals surface area contributed by atoms with E-state index in [2.05, 4.69) is 0 Å². The van der Waals surface area contributed by atoms with Crippen LogP contribution >= 0.6 is 0 Å². The first kappa shape index (κ1) is 32.7. The van der Waals surface area contributed by atoms with Crippen molar-refractivity contribution in [2.45, 2.75) is 81.0 Å². The molecule has 236 valence electrons. The Kier molecular flexibility index (Phi) is 8.89. The van der Waals surface area contributed by atoms with E-state index in [-0.39, 0.29) is 42.6 Å². The molecule has 2 aromatic rings. The summed E-state index contributed by atoms with van der Waals surface area (Å²) in [6, 6.07) is 7.37. The van der Waals surface area contributed by atoms with Crippen LogP contribution in [-0.4, -0.2) is 71.4 Å². The minimum absolute atomic E-state index is 0.0451. The molecule has 0 aromatic heterocycles. The summed E-state index contributed by atoms with van der Waals surface area (Å²) in [6.45, 7) is 2.04. The van der Waals surface area contributed by atoms with E-state index < -0.39 is 41.1 Å². The molecule has 2 aliphatic heterocycles. The third-order valence-corrected chi connectivity index (χ3v) is 8.90. The second-order valence-electron chi connectivity index (χ2n) is 11.4. The third kappa shape index (κ3) is 5.72. The predicted octanol–water partition coefficient (Wildman–Crippen LogP) is 5.90. The molecule has 2 fully saturated rings. The number of fused-ring (bicyclic) bond motifs is 3. The van der Waals surface area contributed by atoms with Crippen LogP contribution in [0, 0.1) is 12.7 Å². The fourth-order valence-corrected chi connectivity index (χ4v) is 6.62. The molecule has 3 unspecified atom stereocenters. The number of likely N-dealkylation sites (N-methyl/N-ethyl adjacent to an activating group) is 1. The van der Waals surface area contributed by atoms with E-state index >= 15 is 0 Å². The van der Waals surface area contributed by atoms with Gasteiger partial charge in [0.2, 0.25) is 11.8 Å². The summed E-state index contributed by atoms with van der Waals surface area (Å²) < 4.78 is 107. The summed E-state index contributed by atoms with van der Waals surface area (Å²) in [5, 5.41) is 9.41. The van der Waals surface area contributed by atoms with E-state index in [0.29, 0.717) is 49.9 Å². The number of likely N-dealkylation sites (tertiary alicyclic amines) is 2. The number of nitrogens with zero attached hydrogens (tertiary/aromatic N) is 2. The van der Waals surface area contributed by atoms with Crippen molar-refractivity contribution in [3.63, 3.8) is 0 Å². The SMILES string of the molecule is CN1C(=O)CCC1C(=O)N1CCC2(CCCO)c3ccc(C(F)(C(F)(F)F)C(F)(F)F)cc3CC12.Cc1ccc(F)cc1. The number of hydrogen-bond acceptors (Lipinski definition) is 3. The Morgan fingerprint density at radius 2 is 1.65 bits per heavy atom. The second-order valence-corrected chi connectivity index (χ2v) is 11.4. The van der Waals surface area contributed by atoms with Gasteiger partial charge < -0.3 is 14.9 Å². The van der Waals surface area contributed by atoms with Crippen molar-refractivity contribution in [1.29, 1.82) is 0 Å². The molecule has 5 nitrogen and oxygen atoms in total. The van der Waals surface area contributed by atoms with Gasteiger partial charge >= 0.3 is 18.0 Å². The van der Waals surface area contributed by atoms with Crippen molar-refractivity contribution in [2.24, 2.45) is 0 Å². The van der Waals surface area contributed by atoms with Crippen LogP contribution in [0.25, 0.3) is 0 Å². The lowest BCUT2D eigenvalue weighted by Gasteiger charge is -2.35. The predicted molar refractivity (Wildman–Crippen MR) is 140 cm³/mol. The van der Waals surface area contributed by atoms with Crippen LogP contribution in [0.15, 0.2) is 42.5 Å². The first-order chi connectivity index (χ1) is 20.0. The van der Waals surface area contributed by atoms with E-state index in [1.807, 2.05) is 6.92 Å². The zero-order chi connectivity index (χ0) is 32.0. The molecule has 1 aliphatic carbocycles. The maximum Gasteiger partial charge on any atom is 0.435 e. The largest absolute Gasteiger partial charge is 0.435 e. The number of carbonyl (C=O) groups excluding carboxylic acids is 2. The highest BCUT2D eigenvalue weighted by Gasteiger charge is 2.73. The number of aryl methyl sites for hydroxylation is 1. The molecule has 0 spiro atoms. The van der Waals surface area contributed by atoms with E-state index in [0.717, 1.165) is 11.6 Å². The van der Waals surface area contributed by atoms with E-state index in [9.17, 15) is 49.8 Å². The highest BCUT2D eigenvalue weighted by atomic mass is 19.4. The van der Waals surface area contributed by atoms with Gasteiger partial charge in [0.25, 0.3) is 0 Å². The molecule has 2 aromatic carbocycles. The summed E-state index contributed by atoms with van der Waals surface area (Å²) in [5.74, 6) is -0.685. The molecule has 2 amide bonds. The molecule has 13 heteroatoms. The van der Waals surface area contributed by atoms with E-state index in [1.165, 1.54) is 24.1 Å². The minimum atomic E-state index is -6.22. The Bertz CT molecular complexity index is 1310. The number of benzene rings is 2. The van der Waals surface area contributed by atoms with Crippen molar-refractivity contribution >= 4 is 11.8 Å². The number of alkyl halides is 7. The number of carbonyl (C=O) groups is 2. The lowest BCUT2D eigenvalue weighted by atomic mass is 9.74. The van der Waals surface area contributed by atoms with Gasteiger partial charge in [0, 0.05) is 43.6 Å². The lowest BCUT2D eigenvalue weighted by Crippen LogP contribution is -2.50. The fraction of sp³-hybridized carbons (Fsp3) is 0.533. The lowest BCUT2D eigenvalue weighted by molar-refractivity contribution is -0.348. The normalized spacial score (nSPS) is 23.7. The van der Waals surface area contributed by atoms with Crippen LogP contribution in [0.1, 0.15) is 54.4 Å². The van der Waals surface area contributed by atoms with Crippen LogP contribution in [0.4, 0.5) is 35.1 Å². The van der Waals surface area contributed by atoms with Gasteiger partial charge in [-0.25, -0.2) is 8.78 Å². The topological polar surface area (TPSA) is 60.9 Å². The van der Waals surface area contributed by atoms with Gasteiger partial charge in [-0.2, -0.15) is 26.3 Å². The van der Waals surface area contributed by atoms with Gasteiger partial charge in [-0.1, -0.05) is 35.9 Å². The van der Waals surface area contributed by atoms with Crippen molar-refractivity contribution in [2.75, 3.05) is 20.2 Å². The highest BCUT2D eigenvalue weighted by Crippen LogP contribution is 2.56. The quantitative estimate of drug-likeness (QED) is 0.424. The Labute approximate surface area is 243 Å². The van der Waals surface area contributed by atoms with E-state index in [1.54, 1.807) is 17.0 Å². The van der Waals surface area contributed by atoms with Gasteiger partial charge in [-0.3, -0.25) is 9.59 Å². The Balaban J connectivity index is 0.000000458. The summed E-state index contributed by atoms with van der Waals surface area (Å²) in [4.78, 5) is 28.1. The average molecular weight is 621 g/mol. The highest BCUT2D eigenvalue weighted by molar-refractivity contribution is 5.91. The molecule has 0 radical (unpaired) electrons. The van der Waals surface area contributed by atoms with Gasteiger partial charge in [0.1, 0.15) is 11.9 Å². The molecule has 2 heterocycles. The van der Waals surface area contributed by atoms with Crippen molar-refractivity contribution in [3.8, 4) is 0 Å². The Hall–Kier alpha value is -3.22. The standard InChI is InChI=1S/C23H25F7N2O3.C7H7F/c1-31-16(5-6-18(31)34)19(35)32-9-8-20(7-2-10-33)15-4-3-14(11-13(15)12-17(20)32)21(24,22(25,26)27)23(28,29)30;1-6-2-4-7(8)5-3-6/h3-4,11,16-17,33H,2,5-10,12H2,1H3;2-5H,1H3. The summed E-state index contributed by atoms with van der Waals surface area (Å²) in [6.07, 6.45) is -10.9. The minimum Gasteiger partial charge on any atom is -0.396 e. The van der Waals surface area contributed by atoms with Crippen LogP contribution in [0.2, 0.25) is 0 Å². The number of halogens is 8. The van der Waals surface area contributed by atoms with Gasteiger partial charge in [-0.15, -0.1) is 0 Å². The maximum absolute atomic E-state index is 14.7. The number of aliphatic hydroxyl groups excluding tert-OH is 1. The van der Waals surface area contributed by atoms with Crippen LogP contribution in [-0.2, 0) is 27.1 Å². The van der Waals surface area contributed by atoms with Crippen molar-refractivity contribution < 1.29 is 49.8 Å². The molecular weight excluding hydrogens is 588 g/mol. The second kappa shape index (κ2) is 11.7. The van der Waals surface area contributed by atoms with Crippen molar-refractivity contribution in [3.05, 3.63) is 70.5 Å². The molecule has 0 saturated carbocycles. The number of amides is 2. The monoisotopic (exact) mass is 620 g/mol. The molecule has 3 aliphatic rings. The van der Waals surface area contributed by atoms with Gasteiger partial charge in [0.15, 0.2) is 0 Å². The summed E-state index contributed by atoms with van der Waals surface area (Å²) in [7, 11) is 1.51. The number of aliphatic hydroxyl groups is 1. The average Bonchev–Trinajstić information content (AvgIpc) is 3.57. The maximum atomic E-state index is 14.7. The molecule has 2 saturated heterocycles. The molecule has 0 bridgehead atoms. The molecule has 3 atom stereocenters. The Morgan fingerprint density at radius 3 is 2.16 bits per heavy atom. The molecule has 1 N–H and O–H groups in total. The molecular formula is C30H32F8N2O3. The zero-order valence-corrected chi connectivity index (χ0v) is 23.5. The Morgan fingerprint density at radius 1 is 1.02 bits per heavy atom. The van der Waals surface area contributed by atoms with Crippen molar-refractivity contribution in [1.82, 2.24) is 9.80 Å². The summed E-state index contributed by atoms with van der Waals surface area (Å²) >= 11 is 0. The smallest absolute Gasteiger partial charge is 0.396 e. The first-order valence-corrected chi connectivity index (χ1v) is 13.8. The van der Waals surface area contributed by atoms with Crippen LogP contribution in [0.5, 0.6) is 0 Å². The number of rotatable bonds is 5. The first-order valence-electron chi connectivity index (χ1n) is 13.8. The number of hydrogen-bond donors (Lipinski definition) is 1. The van der Waals surface area contributed by atoms with Gasteiger partial charge in [-0.05, 0) is 62.3 Å². The van der Waals surface area contributed by atoms with Crippen LogP contribution < -0.4 is 0 Å². The van der Waals surface area contributed by atoms with Crippen LogP contribution in [0.3, 0.4) is 0 Å². The van der Waals surface area contributed by atoms with E-state index in [4.69, 9.17) is 0 Å². The summed E-state index contributed by atoms with van der Waals surface area (Å²) in [5.41, 5.74) is -6.19. The molecule has 43 heavy (non-hydrogen) atoms. The third-order valence-electron chi connectivity index (χ3n) is 8.90. The zero-order valence-electron chi connectivity index (χ0n) is 23.5. The molecule has 5 rings (SSSR count). The van der Waals surface area contributed by atoms with Gasteiger partial charge in [0.05, 0.1) is 0 Å². The fourth-order valence-electron chi connectivity index (χ4n) is 6.62.